The number of carbonyl (C=O) groups excluding carboxylic acids is 4. The second-order valence-corrected chi connectivity index (χ2v) is 15.8. The van der Waals surface area contributed by atoms with Crippen LogP contribution in [0.1, 0.15) is 13.8 Å². The Morgan fingerprint density at radius 2 is 0.892 bits per heavy atom. The highest BCUT2D eigenvalue weighted by Crippen LogP contribution is 2.35. The van der Waals surface area contributed by atoms with Crippen molar-refractivity contribution in [1.29, 1.82) is 0 Å². The molecule has 0 spiro atoms. The quantitative estimate of drug-likeness (QED) is 0.0504. The number of aliphatic hydroxyl groups excluding tert-OH is 8. The fourth-order valence-electron chi connectivity index (χ4n) is 6.55. The zero-order valence-corrected chi connectivity index (χ0v) is 36.6. The molecule has 8 unspecified atom stereocenters. The van der Waals surface area contributed by atoms with Gasteiger partial charge in [-0.25, -0.2) is 16.8 Å². The van der Waals surface area contributed by atoms with Crippen LogP contribution in [0.15, 0.2) is 0 Å². The van der Waals surface area contributed by atoms with Crippen LogP contribution in [0.25, 0.3) is 0 Å². The molecule has 384 valence electrons. The average molecular weight is 1000 g/mol. The molecule has 4 rings (SSSR count). The third-order valence-corrected chi connectivity index (χ3v) is 10.2. The first kappa shape index (κ1) is 61.9. The number of ether oxygens (including phenoxy) is 7. The maximum Gasteiger partial charge on any atom is 0.217 e. The van der Waals surface area contributed by atoms with Gasteiger partial charge >= 0.3 is 0 Å². The maximum absolute atomic E-state index is 12.5. The molecule has 0 aliphatic carbocycles. The van der Waals surface area contributed by atoms with Crippen LogP contribution in [0.5, 0.6) is 0 Å². The van der Waals surface area contributed by atoms with E-state index in [1.165, 1.54) is 0 Å². The Labute approximate surface area is 366 Å². The number of hydrogen-bond donors (Lipinski definition) is 14. The van der Waals surface area contributed by atoms with E-state index in [0.29, 0.717) is 0 Å². The summed E-state index contributed by atoms with van der Waals surface area (Å²) in [5.41, 5.74) is 0. The molecule has 26 N–H and O–H groups in total. The SMILES string of the molecule is CC(=O)NC1[C@H](O[C@@H]2C(C(=O)[O-])O[C@@H](O[C@@H]3C(NC(C)=O)[C@H](O)OC(COS(=O)(=O)[O-])[C@@H]3O)C(O)[C@H]2O)OC(COS(=O)(=O)[O-])[C@H](O)[C@@H]1O[C@@H]1OC(C(=O)[O-])[C@@H](O)[C@H](O)C1O.[NH4+].[NH4+].[NH4+].[NH4+]. The summed E-state index contributed by atoms with van der Waals surface area (Å²) >= 11 is 0. The van der Waals surface area contributed by atoms with Gasteiger partial charge in [-0.1, -0.05) is 0 Å². The van der Waals surface area contributed by atoms with Crippen LogP contribution in [-0.4, -0.2) is 226 Å². The Kier molecular flexibility index (Phi) is 23.6. The molecule has 20 atom stereocenters. The van der Waals surface area contributed by atoms with Crippen LogP contribution in [0.2, 0.25) is 0 Å². The lowest BCUT2D eigenvalue weighted by molar-refractivity contribution is -0.386. The first-order valence-electron chi connectivity index (χ1n) is 17.3. The molecule has 0 aromatic rings. The van der Waals surface area contributed by atoms with Crippen molar-refractivity contribution in [1.82, 2.24) is 35.2 Å². The Morgan fingerprint density at radius 3 is 1.32 bits per heavy atom. The molecule has 0 bridgehead atoms. The van der Waals surface area contributed by atoms with Crippen molar-refractivity contribution in [3.63, 3.8) is 0 Å². The van der Waals surface area contributed by atoms with Crippen molar-refractivity contribution in [2.75, 3.05) is 13.2 Å². The molecule has 0 radical (unpaired) electrons. The van der Waals surface area contributed by atoms with E-state index in [1.807, 2.05) is 0 Å². The number of hydrogen-bond acceptors (Lipinski definition) is 29. The fraction of sp³-hybridized carbons (Fsp3) is 0.857. The van der Waals surface area contributed by atoms with Gasteiger partial charge in [-0.2, -0.15) is 0 Å². The van der Waals surface area contributed by atoms with Gasteiger partial charge < -0.3 is 138 Å². The lowest BCUT2D eigenvalue weighted by Gasteiger charge is -2.50. The van der Waals surface area contributed by atoms with Gasteiger partial charge in [0.1, 0.15) is 97.5 Å². The molecule has 37 heteroatoms. The largest absolute Gasteiger partial charge is 0.726 e. The maximum atomic E-state index is 12.5. The minimum absolute atomic E-state index is 0. The van der Waals surface area contributed by atoms with Crippen LogP contribution in [-0.2, 0) is 81.5 Å². The van der Waals surface area contributed by atoms with Gasteiger partial charge in [0.25, 0.3) is 0 Å². The van der Waals surface area contributed by atoms with Crippen LogP contribution in [0.3, 0.4) is 0 Å². The Bertz CT molecular complexity index is 1810. The summed E-state index contributed by atoms with van der Waals surface area (Å²) in [6.07, 6.45) is -42.1. The molecule has 4 fully saturated rings. The summed E-state index contributed by atoms with van der Waals surface area (Å²) in [6, 6.07) is -3.92. The minimum Gasteiger partial charge on any atom is -0.726 e. The van der Waals surface area contributed by atoms with Crippen molar-refractivity contribution >= 4 is 44.6 Å². The second-order valence-electron chi connectivity index (χ2n) is 13.7. The highest BCUT2D eigenvalue weighted by Gasteiger charge is 2.56. The standard InChI is InChI=1S/C28H44N2O29S2.4H3N/c1-5(31)29-9-18(11(33)7(53-25(9)44)3-51-60(45,46)47)55-28-17(39)15(37)20(22(59-28)24(42)43)57-26-10(30-6(2)32)19(12(34)8(54-26)4-52-61(48,49)50)56-27-16(38)13(35)14(36)21(58-27)23(40)41;;;;/h7-22,25-28,33-39,44H,3-4H2,1-2H3,(H,29,31)(H,30,32)(H,40,41)(H,42,43)(H,45,46,47)(H,48,49,50);4*1H3/t7?,8?,9?,10?,11-,12-,13-,14-,15+,16?,17?,18+,19+,20-,21?,22?,25+,26-,27+,28+;;;;/m0..../s1. The fourth-order valence-corrected chi connectivity index (χ4v) is 7.16. The molecule has 65 heavy (non-hydrogen) atoms. The molecule has 4 heterocycles. The zero-order chi connectivity index (χ0) is 46.0. The van der Waals surface area contributed by atoms with Crippen LogP contribution < -0.4 is 45.4 Å². The number of rotatable bonds is 16. The van der Waals surface area contributed by atoms with Crippen LogP contribution in [0.4, 0.5) is 0 Å². The smallest absolute Gasteiger partial charge is 0.217 e. The van der Waals surface area contributed by atoms with Gasteiger partial charge in [0.05, 0.1) is 25.2 Å². The highest BCUT2D eigenvalue weighted by molar-refractivity contribution is 7.81. The van der Waals surface area contributed by atoms with Crippen molar-refractivity contribution in [3.8, 4) is 0 Å². The first-order valence-corrected chi connectivity index (χ1v) is 20.0. The summed E-state index contributed by atoms with van der Waals surface area (Å²) in [4.78, 5) is 48.4. The number of aliphatic hydroxyl groups is 8. The normalized spacial score (nSPS) is 39.7. The van der Waals surface area contributed by atoms with E-state index < -0.39 is 180 Å². The minimum atomic E-state index is -5.59. The second kappa shape index (κ2) is 24.8. The van der Waals surface area contributed by atoms with Gasteiger partial charge in [-0.15, -0.1) is 0 Å². The molecule has 0 aromatic heterocycles. The number of aliphatic carboxylic acids is 2. The van der Waals surface area contributed by atoms with Crippen LogP contribution >= 0.6 is 0 Å². The van der Waals surface area contributed by atoms with E-state index >= 15 is 0 Å². The summed E-state index contributed by atoms with van der Waals surface area (Å²) in [5, 5.41) is 114. The highest BCUT2D eigenvalue weighted by atomic mass is 32.3. The molecule has 0 aromatic carbocycles. The number of quaternary nitrogens is 4. The van der Waals surface area contributed by atoms with Crippen molar-refractivity contribution in [2.24, 2.45) is 0 Å². The third kappa shape index (κ3) is 15.4. The lowest BCUT2D eigenvalue weighted by atomic mass is 9.94. The first-order chi connectivity index (χ1) is 28.1. The monoisotopic (exact) mass is 1000 g/mol. The van der Waals surface area contributed by atoms with Gasteiger partial charge in [0.15, 0.2) is 25.2 Å². The van der Waals surface area contributed by atoms with Crippen molar-refractivity contribution < 1.29 is 138 Å². The van der Waals surface area contributed by atoms with Gasteiger partial charge in [0.2, 0.25) is 32.6 Å². The lowest BCUT2D eigenvalue weighted by Crippen LogP contribution is -2.71. The number of carboxylic acids is 2. The topological polar surface area (TPSA) is 644 Å². The molecule has 35 nitrogen and oxygen atoms in total. The Hall–Kier alpha value is -3.14. The molecular weight excluding hydrogens is 948 g/mol. The van der Waals surface area contributed by atoms with Crippen molar-refractivity contribution in [3.05, 3.63) is 0 Å². The van der Waals surface area contributed by atoms with Crippen molar-refractivity contribution in [2.45, 2.75) is 137 Å². The summed E-state index contributed by atoms with van der Waals surface area (Å²) in [7, 11) is -11.0. The molecular formula is C28H56N6O29S2. The molecule has 4 saturated heterocycles. The van der Waals surface area contributed by atoms with E-state index in [1.54, 1.807) is 0 Å². The molecule has 4 aliphatic rings. The van der Waals surface area contributed by atoms with Crippen LogP contribution in [0, 0.1) is 0 Å². The Balaban J connectivity index is 0.0000102. The van der Waals surface area contributed by atoms with E-state index in [-0.39, 0.29) is 24.6 Å². The van der Waals surface area contributed by atoms with Gasteiger partial charge in [-0.05, 0) is 0 Å². The summed E-state index contributed by atoms with van der Waals surface area (Å²) < 4.78 is 112. The Morgan fingerprint density at radius 1 is 0.508 bits per heavy atom. The zero-order valence-electron chi connectivity index (χ0n) is 34.9. The van der Waals surface area contributed by atoms with Gasteiger partial charge in [-0.3, -0.25) is 18.0 Å². The molecule has 0 saturated carbocycles. The van der Waals surface area contributed by atoms with E-state index in [2.05, 4.69) is 19.0 Å². The molecule has 4 aliphatic heterocycles. The number of amides is 2. The average Bonchev–Trinajstić information content (AvgIpc) is 3.13. The number of carbonyl (C=O) groups is 4. The summed E-state index contributed by atoms with van der Waals surface area (Å²) in [6.45, 7) is -0.948. The van der Waals surface area contributed by atoms with E-state index in [4.69, 9.17) is 33.2 Å². The number of carboxylic acid groups (broad SMARTS) is 2. The molecule has 2 amide bonds. The summed E-state index contributed by atoms with van der Waals surface area (Å²) in [5.74, 6) is -6.41. The third-order valence-electron chi connectivity index (χ3n) is 9.31. The van der Waals surface area contributed by atoms with Gasteiger partial charge in [0, 0.05) is 13.8 Å². The van der Waals surface area contributed by atoms with E-state index in [0.717, 1.165) is 13.8 Å². The predicted octanol–water partition coefficient (Wildman–Crippen LogP) is -11.5. The van der Waals surface area contributed by atoms with E-state index in [9.17, 15) is 96.2 Å². The number of nitrogens with one attached hydrogen (secondary N) is 2. The predicted molar refractivity (Wildman–Crippen MR) is 194 cm³/mol.